The number of nitrogens with two attached hydrogens (primary N) is 1. The first-order valence-corrected chi connectivity index (χ1v) is 5.68. The van der Waals surface area contributed by atoms with Crippen molar-refractivity contribution in [1.29, 1.82) is 0 Å². The number of carbonyl (C=O) groups excluding carboxylic acids is 1. The molecule has 3 nitrogen and oxygen atoms in total. The van der Waals surface area contributed by atoms with E-state index in [1.807, 2.05) is 0 Å². The molecule has 0 amide bonds. The van der Waals surface area contributed by atoms with E-state index in [2.05, 4.69) is 4.74 Å². The van der Waals surface area contributed by atoms with Crippen LogP contribution in [-0.4, -0.2) is 13.1 Å². The Morgan fingerprint density at radius 1 is 1.18 bits per heavy atom. The van der Waals surface area contributed by atoms with Crippen molar-refractivity contribution in [2.24, 2.45) is 5.73 Å². The number of halogens is 7. The van der Waals surface area contributed by atoms with E-state index in [9.17, 15) is 35.5 Å². The molecule has 0 saturated carbocycles. The number of benzene rings is 1. The Morgan fingerprint density at radius 2 is 1.73 bits per heavy atom. The number of ether oxygens (including phenoxy) is 1. The smallest absolute Gasteiger partial charge is 0.416 e. The standard InChI is InChI=1S/C12H10F7NO2/c1-22-9(21)4-8(20)10-6(12(17,18)19)2-5(3-7(10)13)11(14,15)16/h2-3,8H,4,20H2,1H3/t8-/m0/s1. The van der Waals surface area contributed by atoms with Gasteiger partial charge in [-0.1, -0.05) is 0 Å². The minimum Gasteiger partial charge on any atom is -0.469 e. The van der Waals surface area contributed by atoms with Gasteiger partial charge in [0.1, 0.15) is 5.82 Å². The summed E-state index contributed by atoms with van der Waals surface area (Å²) in [5.74, 6) is -2.82. The Kier molecular flexibility index (Phi) is 5.06. The molecule has 0 aliphatic rings. The first kappa shape index (κ1) is 18.2. The van der Waals surface area contributed by atoms with E-state index < -0.39 is 53.3 Å². The molecule has 0 unspecified atom stereocenters. The summed E-state index contributed by atoms with van der Waals surface area (Å²) in [5, 5.41) is 0. The van der Waals surface area contributed by atoms with Crippen LogP contribution in [-0.2, 0) is 21.9 Å². The van der Waals surface area contributed by atoms with Gasteiger partial charge in [0.2, 0.25) is 0 Å². The van der Waals surface area contributed by atoms with Crippen LogP contribution in [0.5, 0.6) is 0 Å². The number of esters is 1. The molecule has 0 aromatic heterocycles. The number of carbonyl (C=O) groups is 1. The van der Waals surface area contributed by atoms with Gasteiger partial charge in [-0.25, -0.2) is 4.39 Å². The van der Waals surface area contributed by atoms with Crippen LogP contribution in [0.1, 0.15) is 29.2 Å². The summed E-state index contributed by atoms with van der Waals surface area (Å²) in [7, 11) is 0.933. The zero-order valence-electron chi connectivity index (χ0n) is 11.0. The van der Waals surface area contributed by atoms with Gasteiger partial charge >= 0.3 is 18.3 Å². The van der Waals surface area contributed by atoms with Crippen molar-refractivity contribution in [1.82, 2.24) is 0 Å². The Morgan fingerprint density at radius 3 is 2.14 bits per heavy atom. The number of hydrogen-bond donors (Lipinski definition) is 1. The predicted molar refractivity (Wildman–Crippen MR) is 60.0 cm³/mol. The van der Waals surface area contributed by atoms with Gasteiger partial charge in [0.25, 0.3) is 0 Å². The Bertz CT molecular complexity index is 566. The summed E-state index contributed by atoms with van der Waals surface area (Å²) in [6, 6.07) is -2.14. The molecular weight excluding hydrogens is 323 g/mol. The molecular formula is C12H10F7NO2. The van der Waals surface area contributed by atoms with Crippen LogP contribution in [0.2, 0.25) is 0 Å². The summed E-state index contributed by atoms with van der Waals surface area (Å²) in [4.78, 5) is 11.0. The van der Waals surface area contributed by atoms with Gasteiger partial charge < -0.3 is 10.5 Å². The van der Waals surface area contributed by atoms with Crippen molar-refractivity contribution in [3.8, 4) is 0 Å². The largest absolute Gasteiger partial charge is 0.469 e. The summed E-state index contributed by atoms with van der Waals surface area (Å²) in [6.45, 7) is 0. The third-order valence-corrected chi connectivity index (χ3v) is 2.75. The van der Waals surface area contributed by atoms with Crippen molar-refractivity contribution >= 4 is 5.97 Å². The number of rotatable bonds is 3. The fourth-order valence-corrected chi connectivity index (χ4v) is 1.76. The average Bonchev–Trinajstić information content (AvgIpc) is 2.35. The molecule has 1 aromatic rings. The second-order valence-electron chi connectivity index (χ2n) is 4.30. The highest BCUT2D eigenvalue weighted by atomic mass is 19.4. The highest BCUT2D eigenvalue weighted by molar-refractivity contribution is 5.70. The number of alkyl halides is 6. The molecule has 0 spiro atoms. The van der Waals surface area contributed by atoms with Gasteiger partial charge in [-0.2, -0.15) is 26.3 Å². The van der Waals surface area contributed by atoms with Gasteiger partial charge in [-0.05, 0) is 12.1 Å². The lowest BCUT2D eigenvalue weighted by atomic mass is 9.95. The lowest BCUT2D eigenvalue weighted by Crippen LogP contribution is -2.23. The van der Waals surface area contributed by atoms with Gasteiger partial charge in [0, 0.05) is 11.6 Å². The topological polar surface area (TPSA) is 52.3 Å². The number of methoxy groups -OCH3 is 1. The molecule has 2 N–H and O–H groups in total. The van der Waals surface area contributed by atoms with Crippen molar-refractivity contribution < 1.29 is 40.3 Å². The van der Waals surface area contributed by atoms with E-state index in [0.29, 0.717) is 0 Å². The molecule has 10 heteroatoms. The van der Waals surface area contributed by atoms with Crippen molar-refractivity contribution in [3.05, 3.63) is 34.6 Å². The predicted octanol–water partition coefficient (Wildman–Crippen LogP) is 3.43. The van der Waals surface area contributed by atoms with Gasteiger partial charge in [-0.3, -0.25) is 4.79 Å². The van der Waals surface area contributed by atoms with Crippen molar-refractivity contribution in [2.45, 2.75) is 24.8 Å². The molecule has 0 heterocycles. The highest BCUT2D eigenvalue weighted by Gasteiger charge is 2.41. The molecule has 1 aromatic carbocycles. The fourth-order valence-electron chi connectivity index (χ4n) is 1.76. The first-order chi connectivity index (χ1) is 9.87. The lowest BCUT2D eigenvalue weighted by molar-refractivity contribution is -0.145. The van der Waals surface area contributed by atoms with Gasteiger partial charge in [-0.15, -0.1) is 0 Å². The van der Waals surface area contributed by atoms with Crippen LogP contribution in [0.3, 0.4) is 0 Å². The summed E-state index contributed by atoms with van der Waals surface area (Å²) >= 11 is 0. The molecule has 124 valence electrons. The summed E-state index contributed by atoms with van der Waals surface area (Å²) < 4.78 is 94.0. The van der Waals surface area contributed by atoms with Crippen LogP contribution >= 0.6 is 0 Å². The molecule has 0 bridgehead atoms. The van der Waals surface area contributed by atoms with E-state index in [1.54, 1.807) is 0 Å². The molecule has 0 aliphatic carbocycles. The second kappa shape index (κ2) is 6.11. The SMILES string of the molecule is COC(=O)C[C@H](N)c1c(F)cc(C(F)(F)F)cc1C(F)(F)F. The average molecular weight is 333 g/mol. The van der Waals surface area contributed by atoms with Crippen LogP contribution in [0.4, 0.5) is 30.7 Å². The highest BCUT2D eigenvalue weighted by Crippen LogP contribution is 2.40. The van der Waals surface area contributed by atoms with E-state index in [4.69, 9.17) is 5.73 Å². The van der Waals surface area contributed by atoms with Crippen molar-refractivity contribution in [3.63, 3.8) is 0 Å². The first-order valence-electron chi connectivity index (χ1n) is 5.68. The maximum atomic E-state index is 13.7. The number of hydrogen-bond acceptors (Lipinski definition) is 3. The zero-order valence-corrected chi connectivity index (χ0v) is 11.0. The molecule has 1 atom stereocenters. The van der Waals surface area contributed by atoms with E-state index >= 15 is 0 Å². The molecule has 1 rings (SSSR count). The van der Waals surface area contributed by atoms with E-state index in [1.165, 1.54) is 0 Å². The molecule has 0 radical (unpaired) electrons. The minimum absolute atomic E-state index is 0.0955. The molecule has 0 saturated heterocycles. The molecule has 0 fully saturated rings. The van der Waals surface area contributed by atoms with Crippen LogP contribution < -0.4 is 5.73 Å². The van der Waals surface area contributed by atoms with Crippen molar-refractivity contribution in [2.75, 3.05) is 7.11 Å². The lowest BCUT2D eigenvalue weighted by Gasteiger charge is -2.20. The monoisotopic (exact) mass is 333 g/mol. The van der Waals surface area contributed by atoms with Gasteiger partial charge in [0.15, 0.2) is 0 Å². The maximum absolute atomic E-state index is 13.7. The zero-order chi connectivity index (χ0) is 17.3. The Labute approximate surface area is 119 Å². The Balaban J connectivity index is 3.47. The molecule has 22 heavy (non-hydrogen) atoms. The minimum atomic E-state index is -5.27. The third-order valence-electron chi connectivity index (χ3n) is 2.75. The normalized spacial score (nSPS) is 13.9. The van der Waals surface area contributed by atoms with Crippen LogP contribution in [0.25, 0.3) is 0 Å². The quantitative estimate of drug-likeness (QED) is 0.681. The van der Waals surface area contributed by atoms with Crippen LogP contribution in [0, 0.1) is 5.82 Å². The summed E-state index contributed by atoms with van der Waals surface area (Å²) in [6.07, 6.45) is -11.3. The summed E-state index contributed by atoms with van der Waals surface area (Å²) in [5.41, 5.74) is 0.412. The fraction of sp³-hybridized carbons (Fsp3) is 0.417. The van der Waals surface area contributed by atoms with Gasteiger partial charge in [0.05, 0.1) is 24.7 Å². The Hall–Kier alpha value is -1.84. The van der Waals surface area contributed by atoms with Crippen LogP contribution in [0.15, 0.2) is 12.1 Å². The third kappa shape index (κ3) is 4.09. The molecule has 0 aliphatic heterocycles. The van der Waals surface area contributed by atoms with E-state index in [-0.39, 0.29) is 12.1 Å². The van der Waals surface area contributed by atoms with E-state index in [0.717, 1.165) is 7.11 Å². The maximum Gasteiger partial charge on any atom is 0.416 e. The second-order valence-corrected chi connectivity index (χ2v) is 4.30.